The molecule has 0 saturated heterocycles. The van der Waals surface area contributed by atoms with Crippen LogP contribution in [0.5, 0.6) is 0 Å². The van der Waals surface area contributed by atoms with Gasteiger partial charge in [0.2, 0.25) is 0 Å². The van der Waals surface area contributed by atoms with E-state index in [4.69, 9.17) is 0 Å². The smallest absolute Gasteiger partial charge is 0.0132 e. The summed E-state index contributed by atoms with van der Waals surface area (Å²) < 4.78 is 0. The third-order valence-corrected chi connectivity index (χ3v) is 4.43. The molecule has 15 heavy (non-hydrogen) atoms. The summed E-state index contributed by atoms with van der Waals surface area (Å²) in [7, 11) is 0. The predicted molar refractivity (Wildman–Crippen MR) is 77.2 cm³/mol. The highest BCUT2D eigenvalue weighted by molar-refractivity contribution is 7.99. The van der Waals surface area contributed by atoms with Gasteiger partial charge in [0.1, 0.15) is 0 Å². The largest absolute Gasteiger partial charge is 0.311 e. The van der Waals surface area contributed by atoms with Crippen LogP contribution in [0.4, 0.5) is 0 Å². The summed E-state index contributed by atoms with van der Waals surface area (Å²) in [6.45, 7) is 9.15. The van der Waals surface area contributed by atoms with E-state index in [0.717, 1.165) is 5.92 Å². The van der Waals surface area contributed by atoms with E-state index in [1.54, 1.807) is 0 Å². The Morgan fingerprint density at radius 1 is 1.00 bits per heavy atom. The Labute approximate surface area is 105 Å². The van der Waals surface area contributed by atoms with Crippen molar-refractivity contribution >= 4 is 23.5 Å². The Balaban J connectivity index is 3.42. The van der Waals surface area contributed by atoms with Crippen LogP contribution >= 0.6 is 23.5 Å². The zero-order valence-electron chi connectivity index (χ0n) is 10.9. The Bertz CT molecular complexity index is 140. The highest BCUT2D eigenvalue weighted by Crippen LogP contribution is 2.09. The highest BCUT2D eigenvalue weighted by atomic mass is 32.2. The molecule has 92 valence electrons. The van der Waals surface area contributed by atoms with E-state index in [2.05, 4.69) is 51.0 Å². The molecule has 0 spiro atoms. The summed E-state index contributed by atoms with van der Waals surface area (Å²) in [6, 6.07) is 1.30. The summed E-state index contributed by atoms with van der Waals surface area (Å²) >= 11 is 4.00. The molecule has 0 aromatic rings. The first kappa shape index (κ1) is 15.7. The van der Waals surface area contributed by atoms with Crippen LogP contribution in [0, 0.1) is 5.92 Å². The van der Waals surface area contributed by atoms with Gasteiger partial charge in [-0.1, -0.05) is 13.8 Å². The van der Waals surface area contributed by atoms with Crippen molar-refractivity contribution < 1.29 is 0 Å². The lowest BCUT2D eigenvalue weighted by Gasteiger charge is -2.19. The van der Waals surface area contributed by atoms with E-state index in [0.29, 0.717) is 12.1 Å². The normalized spacial score (nSPS) is 15.6. The predicted octanol–water partition coefficient (Wildman–Crippen LogP) is 3.50. The molecule has 0 aliphatic carbocycles. The summed E-state index contributed by atoms with van der Waals surface area (Å²) in [5.41, 5.74) is 0. The quantitative estimate of drug-likeness (QED) is 0.672. The monoisotopic (exact) mass is 249 g/mol. The summed E-state index contributed by atoms with van der Waals surface area (Å²) in [6.07, 6.45) is 3.45. The molecule has 0 aromatic carbocycles. The summed E-state index contributed by atoms with van der Waals surface area (Å²) in [4.78, 5) is 0. The molecule has 0 fully saturated rings. The maximum Gasteiger partial charge on any atom is 0.0132 e. The number of thioether (sulfide) groups is 2. The van der Waals surface area contributed by atoms with Crippen LogP contribution in [0.15, 0.2) is 0 Å². The van der Waals surface area contributed by atoms with Gasteiger partial charge in [-0.15, -0.1) is 0 Å². The molecule has 0 aromatic heterocycles. The molecule has 1 nitrogen and oxygen atoms in total. The first-order valence-electron chi connectivity index (χ1n) is 5.89. The second-order valence-corrected chi connectivity index (χ2v) is 6.74. The Hall–Kier alpha value is 0.660. The van der Waals surface area contributed by atoms with E-state index in [1.807, 2.05) is 11.8 Å². The zero-order valence-corrected chi connectivity index (χ0v) is 12.5. The second kappa shape index (κ2) is 9.86. The maximum atomic E-state index is 3.65. The zero-order chi connectivity index (χ0) is 11.7. The Kier molecular flexibility index (Phi) is 10.3. The number of nitrogens with one attached hydrogen (secondary N) is 1. The number of hydrogen-bond acceptors (Lipinski definition) is 3. The van der Waals surface area contributed by atoms with E-state index in [-0.39, 0.29) is 0 Å². The topological polar surface area (TPSA) is 12.0 Å². The highest BCUT2D eigenvalue weighted by Gasteiger charge is 2.07. The van der Waals surface area contributed by atoms with Crippen LogP contribution in [0.2, 0.25) is 0 Å². The fourth-order valence-corrected chi connectivity index (χ4v) is 3.04. The molecule has 2 unspecified atom stereocenters. The van der Waals surface area contributed by atoms with Crippen LogP contribution in [0.3, 0.4) is 0 Å². The van der Waals surface area contributed by atoms with E-state index in [1.165, 1.54) is 23.7 Å². The fraction of sp³-hybridized carbons (Fsp3) is 1.00. The minimum Gasteiger partial charge on any atom is -0.311 e. The van der Waals surface area contributed by atoms with Gasteiger partial charge < -0.3 is 5.32 Å². The van der Waals surface area contributed by atoms with Crippen molar-refractivity contribution in [2.45, 2.75) is 46.2 Å². The lowest BCUT2D eigenvalue weighted by Crippen LogP contribution is -2.36. The van der Waals surface area contributed by atoms with Gasteiger partial charge in [-0.05, 0) is 43.9 Å². The lowest BCUT2D eigenvalue weighted by molar-refractivity contribution is 0.486. The number of hydrogen-bond donors (Lipinski definition) is 1. The standard InChI is InChI=1S/C12H27NS2/c1-10(2)8-15-9-12(4)13-11(3)6-7-14-5/h10-13H,6-9H2,1-5H3. The third kappa shape index (κ3) is 10.9. The van der Waals surface area contributed by atoms with E-state index < -0.39 is 0 Å². The molecule has 0 heterocycles. The van der Waals surface area contributed by atoms with Gasteiger partial charge in [0.05, 0.1) is 0 Å². The van der Waals surface area contributed by atoms with Crippen LogP contribution in [-0.2, 0) is 0 Å². The maximum absolute atomic E-state index is 3.65. The molecule has 0 radical (unpaired) electrons. The first-order chi connectivity index (χ1) is 7.06. The molecule has 2 atom stereocenters. The first-order valence-corrected chi connectivity index (χ1v) is 8.43. The fourth-order valence-electron chi connectivity index (χ4n) is 1.39. The Morgan fingerprint density at radius 2 is 1.67 bits per heavy atom. The third-order valence-electron chi connectivity index (χ3n) is 2.14. The SMILES string of the molecule is CSCCC(C)NC(C)CSCC(C)C. The molecule has 0 amide bonds. The van der Waals surface area contributed by atoms with Crippen molar-refractivity contribution in [3.63, 3.8) is 0 Å². The number of rotatable bonds is 9. The summed E-state index contributed by atoms with van der Waals surface area (Å²) in [5.74, 6) is 4.60. The van der Waals surface area contributed by atoms with Gasteiger partial charge in [0, 0.05) is 17.8 Å². The molecule has 1 N–H and O–H groups in total. The lowest BCUT2D eigenvalue weighted by atomic mass is 10.2. The molecule has 0 aliphatic rings. The summed E-state index contributed by atoms with van der Waals surface area (Å²) in [5, 5.41) is 3.65. The van der Waals surface area contributed by atoms with Crippen molar-refractivity contribution in [2.75, 3.05) is 23.5 Å². The van der Waals surface area contributed by atoms with Gasteiger partial charge in [0.15, 0.2) is 0 Å². The van der Waals surface area contributed by atoms with Crippen LogP contribution in [0.1, 0.15) is 34.1 Å². The van der Waals surface area contributed by atoms with Gasteiger partial charge >= 0.3 is 0 Å². The molecule has 0 bridgehead atoms. The molecule has 0 rings (SSSR count). The van der Waals surface area contributed by atoms with Crippen molar-refractivity contribution in [3.05, 3.63) is 0 Å². The van der Waals surface area contributed by atoms with Gasteiger partial charge in [-0.3, -0.25) is 0 Å². The molecular weight excluding hydrogens is 222 g/mol. The molecular formula is C12H27NS2. The van der Waals surface area contributed by atoms with E-state index in [9.17, 15) is 0 Å². The Morgan fingerprint density at radius 3 is 2.20 bits per heavy atom. The van der Waals surface area contributed by atoms with Crippen molar-refractivity contribution in [1.29, 1.82) is 0 Å². The van der Waals surface area contributed by atoms with Crippen molar-refractivity contribution in [2.24, 2.45) is 5.92 Å². The average molecular weight is 249 g/mol. The minimum atomic E-state index is 0.644. The molecule has 3 heteroatoms. The average Bonchev–Trinajstić information content (AvgIpc) is 2.14. The molecule has 0 saturated carbocycles. The van der Waals surface area contributed by atoms with Gasteiger partial charge in [-0.25, -0.2) is 0 Å². The van der Waals surface area contributed by atoms with Crippen LogP contribution in [0.25, 0.3) is 0 Å². The van der Waals surface area contributed by atoms with Crippen molar-refractivity contribution in [3.8, 4) is 0 Å². The minimum absolute atomic E-state index is 0.644. The van der Waals surface area contributed by atoms with Crippen LogP contribution < -0.4 is 5.32 Å². The van der Waals surface area contributed by atoms with E-state index >= 15 is 0 Å². The van der Waals surface area contributed by atoms with Gasteiger partial charge in [0.25, 0.3) is 0 Å². The second-order valence-electron chi connectivity index (χ2n) is 4.68. The van der Waals surface area contributed by atoms with Gasteiger partial charge in [-0.2, -0.15) is 23.5 Å². The van der Waals surface area contributed by atoms with Crippen molar-refractivity contribution in [1.82, 2.24) is 5.32 Å². The van der Waals surface area contributed by atoms with Crippen LogP contribution in [-0.4, -0.2) is 35.6 Å². The molecule has 0 aliphatic heterocycles.